The monoisotopic (exact) mass is 390 g/mol. The molecule has 2 rings (SSSR count). The summed E-state index contributed by atoms with van der Waals surface area (Å²) < 4.78 is 15.6. The Balaban J connectivity index is 2.20. The van der Waals surface area contributed by atoms with E-state index in [4.69, 9.17) is 26.4 Å². The highest BCUT2D eigenvalue weighted by Gasteiger charge is 2.18. The van der Waals surface area contributed by atoms with Gasteiger partial charge in [0, 0.05) is 5.56 Å². The molecule has 0 heterocycles. The number of rotatable bonds is 6. The Labute approximate surface area is 161 Å². The first-order valence-electron chi connectivity index (χ1n) is 7.66. The summed E-state index contributed by atoms with van der Waals surface area (Å²) in [5.41, 5.74) is 0.516. The summed E-state index contributed by atoms with van der Waals surface area (Å²) in [7, 11) is 4.33. The minimum absolute atomic E-state index is 0.0295. The van der Waals surface area contributed by atoms with Crippen LogP contribution in [-0.4, -0.2) is 43.4 Å². The molecular weight excluding hydrogens is 372 g/mol. The number of carboxylic acids is 1. The fraction of sp³-hybridized carbons (Fsp3) is 0.167. The normalized spacial score (nSPS) is 9.89. The minimum Gasteiger partial charge on any atom is -0.493 e. The number of anilines is 1. The van der Waals surface area contributed by atoms with E-state index >= 15 is 0 Å². The molecule has 0 aromatic heterocycles. The standard InChI is InChI=1S/C18H18N2O6S/c1-24-13-8-10(9-14(25-2)15(13)26-3)16(21)20-18(27)19-12-7-5-4-6-11(12)17(22)23/h4-9H,1-3H3,(H,22,23)(H2,19,20,21,27). The lowest BCUT2D eigenvalue weighted by molar-refractivity contribution is 0.0698. The van der Waals surface area contributed by atoms with E-state index in [9.17, 15) is 14.7 Å². The van der Waals surface area contributed by atoms with E-state index in [-0.39, 0.29) is 21.9 Å². The average molecular weight is 390 g/mol. The maximum absolute atomic E-state index is 12.5. The topological polar surface area (TPSA) is 106 Å². The lowest BCUT2D eigenvalue weighted by Gasteiger charge is -2.15. The quantitative estimate of drug-likeness (QED) is 0.646. The Morgan fingerprint density at radius 1 is 1.00 bits per heavy atom. The van der Waals surface area contributed by atoms with Crippen LogP contribution in [0.4, 0.5) is 5.69 Å². The van der Waals surface area contributed by atoms with Crippen LogP contribution in [0.25, 0.3) is 0 Å². The Morgan fingerprint density at radius 2 is 1.59 bits per heavy atom. The zero-order chi connectivity index (χ0) is 20.0. The van der Waals surface area contributed by atoms with E-state index in [0.717, 1.165) is 0 Å². The van der Waals surface area contributed by atoms with Crippen molar-refractivity contribution in [2.75, 3.05) is 26.6 Å². The molecule has 2 aromatic carbocycles. The van der Waals surface area contributed by atoms with Crippen molar-refractivity contribution in [3.05, 3.63) is 47.5 Å². The second kappa shape index (κ2) is 8.86. The number of aromatic carboxylic acids is 1. The van der Waals surface area contributed by atoms with Crippen LogP contribution >= 0.6 is 12.2 Å². The molecule has 0 fully saturated rings. The maximum atomic E-state index is 12.5. The predicted molar refractivity (Wildman–Crippen MR) is 103 cm³/mol. The van der Waals surface area contributed by atoms with Crippen LogP contribution in [0.1, 0.15) is 20.7 Å². The first-order chi connectivity index (χ1) is 12.9. The van der Waals surface area contributed by atoms with Crippen molar-refractivity contribution in [2.45, 2.75) is 0 Å². The number of hydrogen-bond donors (Lipinski definition) is 3. The highest BCUT2D eigenvalue weighted by molar-refractivity contribution is 7.80. The summed E-state index contributed by atoms with van der Waals surface area (Å²) in [6, 6.07) is 9.16. The average Bonchev–Trinajstić information content (AvgIpc) is 2.66. The number of hydrogen-bond acceptors (Lipinski definition) is 6. The van der Waals surface area contributed by atoms with Gasteiger partial charge in [-0.1, -0.05) is 12.1 Å². The van der Waals surface area contributed by atoms with Crippen molar-refractivity contribution in [1.82, 2.24) is 5.32 Å². The van der Waals surface area contributed by atoms with Gasteiger partial charge in [0.15, 0.2) is 16.6 Å². The summed E-state index contributed by atoms with van der Waals surface area (Å²) >= 11 is 5.11. The van der Waals surface area contributed by atoms with Crippen LogP contribution in [0.3, 0.4) is 0 Å². The maximum Gasteiger partial charge on any atom is 0.337 e. The molecule has 0 saturated carbocycles. The molecule has 0 unspecified atom stereocenters. The number of amides is 1. The first-order valence-corrected chi connectivity index (χ1v) is 8.06. The third kappa shape index (κ3) is 4.64. The van der Waals surface area contributed by atoms with Gasteiger partial charge in [-0.25, -0.2) is 4.79 Å². The number of methoxy groups -OCH3 is 3. The van der Waals surface area contributed by atoms with Crippen molar-refractivity contribution < 1.29 is 28.9 Å². The molecule has 0 saturated heterocycles. The highest BCUT2D eigenvalue weighted by atomic mass is 32.1. The second-order valence-electron chi connectivity index (χ2n) is 5.17. The fourth-order valence-corrected chi connectivity index (χ4v) is 2.52. The van der Waals surface area contributed by atoms with Crippen molar-refractivity contribution in [3.8, 4) is 17.2 Å². The number of ether oxygens (including phenoxy) is 3. The van der Waals surface area contributed by atoms with Crippen LogP contribution in [0.15, 0.2) is 36.4 Å². The molecule has 27 heavy (non-hydrogen) atoms. The SMILES string of the molecule is COc1cc(C(=O)NC(=S)Nc2ccccc2C(=O)O)cc(OC)c1OC. The van der Waals surface area contributed by atoms with E-state index in [1.54, 1.807) is 18.2 Å². The van der Waals surface area contributed by atoms with Crippen molar-refractivity contribution >= 4 is 34.9 Å². The Bertz CT molecular complexity index is 859. The molecule has 3 N–H and O–H groups in total. The summed E-state index contributed by atoms with van der Waals surface area (Å²) in [5, 5.41) is 14.3. The second-order valence-corrected chi connectivity index (χ2v) is 5.58. The molecule has 2 aromatic rings. The van der Waals surface area contributed by atoms with E-state index in [0.29, 0.717) is 17.2 Å². The molecule has 0 spiro atoms. The Kier molecular flexibility index (Phi) is 6.56. The van der Waals surface area contributed by atoms with Gasteiger partial charge in [-0.3, -0.25) is 10.1 Å². The van der Waals surface area contributed by atoms with Crippen molar-refractivity contribution in [1.29, 1.82) is 0 Å². The number of thiocarbonyl (C=S) groups is 1. The van der Waals surface area contributed by atoms with Gasteiger partial charge >= 0.3 is 5.97 Å². The van der Waals surface area contributed by atoms with Gasteiger partial charge in [0.05, 0.1) is 32.6 Å². The van der Waals surface area contributed by atoms with Gasteiger partial charge in [0.1, 0.15) is 0 Å². The van der Waals surface area contributed by atoms with Gasteiger partial charge < -0.3 is 24.6 Å². The number of carboxylic acid groups (broad SMARTS) is 1. The molecule has 0 aliphatic heterocycles. The van der Waals surface area contributed by atoms with E-state index < -0.39 is 11.9 Å². The summed E-state index contributed by atoms with van der Waals surface area (Å²) in [4.78, 5) is 23.7. The summed E-state index contributed by atoms with van der Waals surface area (Å²) in [6.07, 6.45) is 0. The van der Waals surface area contributed by atoms with Crippen LogP contribution < -0.4 is 24.8 Å². The van der Waals surface area contributed by atoms with Crippen molar-refractivity contribution in [2.24, 2.45) is 0 Å². The predicted octanol–water partition coefficient (Wildman–Crippen LogP) is 2.54. The molecule has 142 valence electrons. The molecule has 1 amide bonds. The van der Waals surface area contributed by atoms with Gasteiger partial charge in [0.2, 0.25) is 5.75 Å². The van der Waals surface area contributed by atoms with Crippen LogP contribution in [-0.2, 0) is 0 Å². The lowest BCUT2D eigenvalue weighted by Crippen LogP contribution is -2.34. The molecule has 8 nitrogen and oxygen atoms in total. The molecule has 0 aliphatic carbocycles. The number of carbonyl (C=O) groups is 2. The summed E-state index contributed by atoms with van der Waals surface area (Å²) in [6.45, 7) is 0. The molecule has 0 atom stereocenters. The van der Waals surface area contributed by atoms with E-state index in [2.05, 4.69) is 10.6 Å². The highest BCUT2D eigenvalue weighted by Crippen LogP contribution is 2.38. The first kappa shape index (κ1) is 20.0. The molecule has 9 heteroatoms. The van der Waals surface area contributed by atoms with Gasteiger partial charge in [-0.2, -0.15) is 0 Å². The number of benzene rings is 2. The van der Waals surface area contributed by atoms with E-state index in [1.165, 1.54) is 39.5 Å². The van der Waals surface area contributed by atoms with Gasteiger partial charge in [0.25, 0.3) is 5.91 Å². The largest absolute Gasteiger partial charge is 0.493 e. The van der Waals surface area contributed by atoms with Crippen molar-refractivity contribution in [3.63, 3.8) is 0 Å². The van der Waals surface area contributed by atoms with Gasteiger partial charge in [-0.05, 0) is 36.5 Å². The number of nitrogens with one attached hydrogen (secondary N) is 2. The third-order valence-electron chi connectivity index (χ3n) is 3.56. The smallest absolute Gasteiger partial charge is 0.337 e. The fourth-order valence-electron chi connectivity index (χ4n) is 2.32. The summed E-state index contributed by atoms with van der Waals surface area (Å²) in [5.74, 6) is -0.654. The Morgan fingerprint density at radius 3 is 2.11 bits per heavy atom. The molecule has 0 radical (unpaired) electrons. The Hall–Kier alpha value is -3.33. The van der Waals surface area contributed by atoms with Crippen LogP contribution in [0.5, 0.6) is 17.2 Å². The third-order valence-corrected chi connectivity index (χ3v) is 3.76. The number of para-hydroxylation sites is 1. The molecule has 0 bridgehead atoms. The van der Waals surface area contributed by atoms with E-state index in [1.807, 2.05) is 0 Å². The molecular formula is C18H18N2O6S. The van der Waals surface area contributed by atoms with Crippen LogP contribution in [0.2, 0.25) is 0 Å². The minimum atomic E-state index is -1.11. The van der Waals surface area contributed by atoms with Gasteiger partial charge in [-0.15, -0.1) is 0 Å². The zero-order valence-electron chi connectivity index (χ0n) is 14.9. The number of carbonyl (C=O) groups excluding carboxylic acids is 1. The molecule has 0 aliphatic rings. The lowest BCUT2D eigenvalue weighted by atomic mass is 10.1. The zero-order valence-corrected chi connectivity index (χ0v) is 15.7. The van der Waals surface area contributed by atoms with Crippen LogP contribution in [0, 0.1) is 0 Å².